The molecule has 0 aliphatic carbocycles. The summed E-state index contributed by atoms with van der Waals surface area (Å²) < 4.78 is 5.10. The van der Waals surface area contributed by atoms with Crippen LogP contribution in [0.5, 0.6) is 5.75 Å². The van der Waals surface area contributed by atoms with Crippen molar-refractivity contribution in [1.29, 1.82) is 10.8 Å². The van der Waals surface area contributed by atoms with Gasteiger partial charge in [-0.05, 0) is 12.1 Å². The highest BCUT2D eigenvalue weighted by Crippen LogP contribution is 2.25. The van der Waals surface area contributed by atoms with E-state index in [0.29, 0.717) is 11.4 Å². The zero-order valence-electron chi connectivity index (χ0n) is 11.1. The Hall–Kier alpha value is -2.63. The molecule has 0 saturated carbocycles. The molecule has 0 atom stereocenters. The lowest BCUT2D eigenvalue weighted by atomic mass is 10.1. The number of ketones is 2. The third-order valence-electron chi connectivity index (χ3n) is 2.44. The van der Waals surface area contributed by atoms with Gasteiger partial charge in [-0.25, -0.2) is 0 Å². The van der Waals surface area contributed by atoms with Crippen molar-refractivity contribution >= 4 is 35.4 Å². The molecular formula is C14H15N3O3. The monoisotopic (exact) mass is 273 g/mol. The number of hydrogen-bond donors (Lipinski definition) is 2. The normalized spacial score (nSPS) is 10.2. The summed E-state index contributed by atoms with van der Waals surface area (Å²) in [4.78, 5) is 26.9. The lowest BCUT2D eigenvalue weighted by molar-refractivity contribution is -0.115. The van der Waals surface area contributed by atoms with E-state index >= 15 is 0 Å². The van der Waals surface area contributed by atoms with Crippen LogP contribution in [0, 0.1) is 10.8 Å². The van der Waals surface area contributed by atoms with Crippen molar-refractivity contribution < 1.29 is 14.3 Å². The molecule has 0 fully saturated rings. The zero-order valence-corrected chi connectivity index (χ0v) is 11.1. The SMILES string of the molecule is COc1ccccc1N=CCC(=O)C(=N)C(=O)CC=N. The average molecular weight is 273 g/mol. The summed E-state index contributed by atoms with van der Waals surface area (Å²) >= 11 is 0. The van der Waals surface area contributed by atoms with E-state index < -0.39 is 17.3 Å². The highest BCUT2D eigenvalue weighted by Gasteiger charge is 2.15. The van der Waals surface area contributed by atoms with Gasteiger partial charge < -0.3 is 10.1 Å². The molecule has 0 amide bonds. The molecule has 0 saturated heterocycles. The fourth-order valence-corrected chi connectivity index (χ4v) is 1.42. The van der Waals surface area contributed by atoms with Crippen LogP contribution in [0.4, 0.5) is 5.69 Å². The average Bonchev–Trinajstić information content (AvgIpc) is 2.47. The number of carbonyl (C=O) groups is 2. The number of ether oxygens (including phenoxy) is 1. The first-order valence-electron chi connectivity index (χ1n) is 5.89. The molecule has 0 aliphatic heterocycles. The molecule has 2 N–H and O–H groups in total. The van der Waals surface area contributed by atoms with Crippen LogP contribution in [0.1, 0.15) is 12.8 Å². The number of nitrogens with one attached hydrogen (secondary N) is 2. The number of rotatable bonds is 8. The van der Waals surface area contributed by atoms with Gasteiger partial charge in [0.25, 0.3) is 0 Å². The van der Waals surface area contributed by atoms with E-state index in [1.807, 2.05) is 0 Å². The van der Waals surface area contributed by atoms with Crippen molar-refractivity contribution in [2.24, 2.45) is 4.99 Å². The van der Waals surface area contributed by atoms with Crippen LogP contribution < -0.4 is 4.74 Å². The first-order valence-corrected chi connectivity index (χ1v) is 5.89. The molecule has 6 heteroatoms. The summed E-state index contributed by atoms with van der Waals surface area (Å²) in [7, 11) is 1.52. The summed E-state index contributed by atoms with van der Waals surface area (Å²) in [6.07, 6.45) is 1.84. The molecule has 0 bridgehead atoms. The Morgan fingerprint density at radius 3 is 2.55 bits per heavy atom. The van der Waals surface area contributed by atoms with Crippen LogP contribution in [-0.2, 0) is 9.59 Å². The Morgan fingerprint density at radius 1 is 1.25 bits per heavy atom. The van der Waals surface area contributed by atoms with Gasteiger partial charge in [0.15, 0.2) is 11.6 Å². The number of Topliss-reactive ketones (excluding diaryl/α,β-unsaturated/α-hetero) is 2. The van der Waals surface area contributed by atoms with Crippen molar-refractivity contribution in [2.75, 3.05) is 7.11 Å². The molecule has 0 unspecified atom stereocenters. The Labute approximate surface area is 116 Å². The van der Waals surface area contributed by atoms with Crippen LogP contribution in [0.2, 0.25) is 0 Å². The maximum atomic E-state index is 11.6. The number of hydrogen-bond acceptors (Lipinski definition) is 6. The Kier molecular flexibility index (Phi) is 5.96. The van der Waals surface area contributed by atoms with Gasteiger partial charge in [-0.15, -0.1) is 0 Å². The fourth-order valence-electron chi connectivity index (χ4n) is 1.42. The molecule has 20 heavy (non-hydrogen) atoms. The van der Waals surface area contributed by atoms with Crippen LogP contribution in [0.25, 0.3) is 0 Å². The van der Waals surface area contributed by atoms with E-state index in [-0.39, 0.29) is 12.8 Å². The minimum absolute atomic E-state index is 0.138. The van der Waals surface area contributed by atoms with Crippen molar-refractivity contribution in [2.45, 2.75) is 12.8 Å². The first-order chi connectivity index (χ1) is 9.60. The predicted molar refractivity (Wildman–Crippen MR) is 76.9 cm³/mol. The molecule has 6 nitrogen and oxygen atoms in total. The molecule has 0 aromatic heterocycles. The van der Waals surface area contributed by atoms with Crippen molar-refractivity contribution in [3.05, 3.63) is 24.3 Å². The zero-order chi connectivity index (χ0) is 15.0. The van der Waals surface area contributed by atoms with Gasteiger partial charge in [0, 0.05) is 25.3 Å². The van der Waals surface area contributed by atoms with Gasteiger partial charge in [-0.1, -0.05) is 12.1 Å². The molecule has 0 spiro atoms. The van der Waals surface area contributed by atoms with Gasteiger partial charge in [0.2, 0.25) is 0 Å². The molecular weight excluding hydrogens is 258 g/mol. The first kappa shape index (κ1) is 15.4. The minimum atomic E-state index is -0.657. The summed E-state index contributed by atoms with van der Waals surface area (Å²) in [6.45, 7) is 0. The molecule has 0 aliphatic rings. The number of benzene rings is 1. The lowest BCUT2D eigenvalue weighted by Gasteiger charge is -2.02. The van der Waals surface area contributed by atoms with E-state index in [1.165, 1.54) is 13.3 Å². The van der Waals surface area contributed by atoms with Crippen molar-refractivity contribution in [1.82, 2.24) is 0 Å². The standard InChI is InChI=1S/C14H15N3O3/c1-20-13-5-3-2-4-10(13)17-9-7-12(19)14(16)11(18)6-8-15/h2-5,8-9,15-16H,6-7H2,1H3. The maximum Gasteiger partial charge on any atom is 0.189 e. The largest absolute Gasteiger partial charge is 0.494 e. The number of nitrogens with zero attached hydrogens (tertiary/aromatic N) is 1. The fraction of sp³-hybridized carbons (Fsp3) is 0.214. The van der Waals surface area contributed by atoms with Gasteiger partial charge in [-0.2, -0.15) is 0 Å². The van der Waals surface area contributed by atoms with E-state index in [2.05, 4.69) is 4.99 Å². The molecule has 0 radical (unpaired) electrons. The number of carbonyl (C=O) groups excluding carboxylic acids is 2. The Balaban J connectivity index is 2.64. The van der Waals surface area contributed by atoms with E-state index in [4.69, 9.17) is 15.6 Å². The predicted octanol–water partition coefficient (Wildman–Crippen LogP) is 1.99. The van der Waals surface area contributed by atoms with Crippen LogP contribution in [-0.4, -0.2) is 36.8 Å². The van der Waals surface area contributed by atoms with Gasteiger partial charge >= 0.3 is 0 Å². The number of aliphatic imine (C=N–C) groups is 1. The molecule has 1 aromatic rings. The molecule has 104 valence electrons. The summed E-state index contributed by atoms with van der Waals surface area (Å²) in [6, 6.07) is 7.05. The maximum absolute atomic E-state index is 11.6. The van der Waals surface area contributed by atoms with Crippen LogP contribution in [0.3, 0.4) is 0 Å². The Morgan fingerprint density at radius 2 is 1.90 bits per heavy atom. The quantitative estimate of drug-likeness (QED) is 0.559. The van der Waals surface area contributed by atoms with Crippen molar-refractivity contribution in [3.8, 4) is 5.75 Å². The highest BCUT2D eigenvalue weighted by molar-refractivity contribution is 6.66. The topological polar surface area (TPSA) is 103 Å². The highest BCUT2D eigenvalue weighted by atomic mass is 16.5. The molecule has 0 heterocycles. The minimum Gasteiger partial charge on any atom is -0.494 e. The van der Waals surface area contributed by atoms with Crippen molar-refractivity contribution in [3.63, 3.8) is 0 Å². The van der Waals surface area contributed by atoms with E-state index in [1.54, 1.807) is 24.3 Å². The second-order valence-electron chi connectivity index (χ2n) is 3.82. The molecule has 1 rings (SSSR count). The summed E-state index contributed by atoms with van der Waals surface area (Å²) in [5.41, 5.74) is -0.0277. The molecule has 1 aromatic carbocycles. The van der Waals surface area contributed by atoms with E-state index in [0.717, 1.165) is 6.21 Å². The number of methoxy groups -OCH3 is 1. The third-order valence-corrected chi connectivity index (χ3v) is 2.44. The number of para-hydroxylation sites is 2. The second kappa shape index (κ2) is 7.73. The van der Waals surface area contributed by atoms with Gasteiger partial charge in [0.05, 0.1) is 7.11 Å². The van der Waals surface area contributed by atoms with E-state index in [9.17, 15) is 9.59 Å². The Bertz CT molecular complexity index is 565. The lowest BCUT2D eigenvalue weighted by Crippen LogP contribution is -2.23. The van der Waals surface area contributed by atoms with Gasteiger partial charge in [-0.3, -0.25) is 20.0 Å². The smallest absolute Gasteiger partial charge is 0.189 e. The summed E-state index contributed by atoms with van der Waals surface area (Å²) in [5, 5.41) is 14.1. The second-order valence-corrected chi connectivity index (χ2v) is 3.82. The van der Waals surface area contributed by atoms with Crippen LogP contribution in [0.15, 0.2) is 29.3 Å². The summed E-state index contributed by atoms with van der Waals surface area (Å²) in [5.74, 6) is -0.697. The van der Waals surface area contributed by atoms with Gasteiger partial charge in [0.1, 0.15) is 17.1 Å². The van der Waals surface area contributed by atoms with Crippen LogP contribution >= 0.6 is 0 Å². The third kappa shape index (κ3) is 4.24.